The number of nitrogens with zero attached hydrogens (tertiary/aromatic N) is 1. The lowest BCUT2D eigenvalue weighted by Crippen LogP contribution is -2.42. The molecule has 146 valence electrons. The van der Waals surface area contributed by atoms with Gasteiger partial charge in [0.05, 0.1) is 17.1 Å². The Morgan fingerprint density at radius 2 is 1.96 bits per heavy atom. The third kappa shape index (κ3) is 4.65. The van der Waals surface area contributed by atoms with Crippen molar-refractivity contribution in [2.45, 2.75) is 38.3 Å². The molecule has 1 aromatic rings. The van der Waals surface area contributed by atoms with Gasteiger partial charge in [-0.05, 0) is 44.0 Å². The van der Waals surface area contributed by atoms with Crippen LogP contribution in [0.1, 0.15) is 36.5 Å². The normalized spacial score (nSPS) is 22.5. The molecule has 0 aliphatic carbocycles. The Balaban J connectivity index is 1.54. The van der Waals surface area contributed by atoms with E-state index in [1.165, 1.54) is 6.92 Å². The summed E-state index contributed by atoms with van der Waals surface area (Å²) in [5.74, 6) is -1.15. The van der Waals surface area contributed by atoms with Crippen molar-refractivity contribution >= 4 is 33.3 Å². The van der Waals surface area contributed by atoms with Crippen molar-refractivity contribution in [3.8, 4) is 0 Å². The summed E-state index contributed by atoms with van der Waals surface area (Å²) < 4.78 is 28.0. The van der Waals surface area contributed by atoms with Crippen LogP contribution in [0.2, 0.25) is 0 Å². The lowest BCUT2D eigenvalue weighted by atomic mass is 10.2. The summed E-state index contributed by atoms with van der Waals surface area (Å²) in [4.78, 5) is 37.7. The summed E-state index contributed by atoms with van der Waals surface area (Å²) in [6.45, 7) is 2.10. The first-order chi connectivity index (χ1) is 12.7. The van der Waals surface area contributed by atoms with Crippen LogP contribution in [-0.4, -0.2) is 56.4 Å². The van der Waals surface area contributed by atoms with Crippen molar-refractivity contribution in [3.05, 3.63) is 29.8 Å². The van der Waals surface area contributed by atoms with Gasteiger partial charge in [-0.2, -0.15) is 0 Å². The third-order valence-corrected chi connectivity index (χ3v) is 6.49. The van der Waals surface area contributed by atoms with Crippen LogP contribution >= 0.6 is 0 Å². The zero-order valence-corrected chi connectivity index (χ0v) is 15.8. The first-order valence-electron chi connectivity index (χ1n) is 8.87. The second-order valence-electron chi connectivity index (χ2n) is 6.85. The average Bonchev–Trinajstić information content (AvgIpc) is 3.19. The molecule has 2 atom stereocenters. The number of rotatable bonds is 5. The number of ether oxygens (including phenoxy) is 1. The smallest absolute Gasteiger partial charge is 0.338 e. The first kappa shape index (κ1) is 19.3. The van der Waals surface area contributed by atoms with Crippen molar-refractivity contribution in [3.63, 3.8) is 0 Å². The van der Waals surface area contributed by atoms with E-state index in [0.717, 1.165) is 12.1 Å². The van der Waals surface area contributed by atoms with Crippen LogP contribution in [0.15, 0.2) is 24.3 Å². The summed E-state index contributed by atoms with van der Waals surface area (Å²) in [6.07, 6.45) is 0.669. The third-order valence-electron chi connectivity index (χ3n) is 4.72. The number of sulfone groups is 1. The van der Waals surface area contributed by atoms with Crippen molar-refractivity contribution in [1.29, 1.82) is 0 Å². The van der Waals surface area contributed by atoms with Crippen LogP contribution < -0.4 is 10.2 Å². The maximum absolute atomic E-state index is 12.2. The van der Waals surface area contributed by atoms with Gasteiger partial charge in [-0.15, -0.1) is 0 Å². The second-order valence-corrected chi connectivity index (χ2v) is 9.08. The Labute approximate surface area is 157 Å². The summed E-state index contributed by atoms with van der Waals surface area (Å²) in [6, 6.07) is 6.01. The van der Waals surface area contributed by atoms with E-state index in [-0.39, 0.29) is 23.0 Å². The van der Waals surface area contributed by atoms with Gasteiger partial charge >= 0.3 is 5.97 Å². The average molecular weight is 394 g/mol. The number of benzene rings is 1. The molecule has 2 saturated heterocycles. The van der Waals surface area contributed by atoms with Crippen LogP contribution in [0.5, 0.6) is 0 Å². The van der Waals surface area contributed by atoms with Gasteiger partial charge in [0.15, 0.2) is 15.9 Å². The molecule has 1 aromatic carbocycles. The molecule has 0 bridgehead atoms. The number of anilines is 1. The lowest BCUT2D eigenvalue weighted by molar-refractivity contribution is -0.129. The van der Waals surface area contributed by atoms with Crippen molar-refractivity contribution in [2.75, 3.05) is 23.0 Å². The number of carbonyl (C=O) groups excluding carboxylic acids is 3. The molecule has 27 heavy (non-hydrogen) atoms. The predicted octanol–water partition coefficient (Wildman–Crippen LogP) is 0.662. The Hall–Kier alpha value is -2.42. The Bertz CT molecular complexity index is 849. The van der Waals surface area contributed by atoms with Gasteiger partial charge in [0, 0.05) is 24.7 Å². The monoisotopic (exact) mass is 394 g/mol. The molecule has 0 spiro atoms. The van der Waals surface area contributed by atoms with Gasteiger partial charge in [-0.1, -0.05) is 0 Å². The van der Waals surface area contributed by atoms with Gasteiger partial charge in [-0.3, -0.25) is 9.59 Å². The van der Waals surface area contributed by atoms with Gasteiger partial charge in [0.25, 0.3) is 5.91 Å². The van der Waals surface area contributed by atoms with E-state index in [0.29, 0.717) is 19.4 Å². The molecule has 0 aromatic heterocycles. The van der Waals surface area contributed by atoms with E-state index in [1.54, 1.807) is 29.2 Å². The Kier molecular flexibility index (Phi) is 5.50. The van der Waals surface area contributed by atoms with E-state index in [9.17, 15) is 22.8 Å². The number of hydrogen-bond acceptors (Lipinski definition) is 6. The molecular formula is C18H22N2O6S. The molecule has 1 N–H and O–H groups in total. The minimum absolute atomic E-state index is 0.0536. The first-order valence-corrected chi connectivity index (χ1v) is 10.7. The lowest BCUT2D eigenvalue weighted by Gasteiger charge is -2.17. The fraction of sp³-hybridized carbons (Fsp3) is 0.500. The molecule has 2 aliphatic rings. The van der Waals surface area contributed by atoms with Crippen LogP contribution in [0.3, 0.4) is 0 Å². The molecule has 2 fully saturated rings. The van der Waals surface area contributed by atoms with Crippen molar-refractivity contribution in [2.24, 2.45) is 0 Å². The number of nitrogens with one attached hydrogen (secondary N) is 1. The molecule has 0 radical (unpaired) electrons. The largest absolute Gasteiger partial charge is 0.449 e. The highest BCUT2D eigenvalue weighted by Crippen LogP contribution is 2.22. The summed E-state index contributed by atoms with van der Waals surface area (Å²) in [5, 5.41) is 2.60. The van der Waals surface area contributed by atoms with Crippen LogP contribution in [0.4, 0.5) is 5.69 Å². The molecule has 3 rings (SSSR count). The van der Waals surface area contributed by atoms with Crippen LogP contribution in [0.25, 0.3) is 0 Å². The van der Waals surface area contributed by atoms with Gasteiger partial charge in [-0.25, -0.2) is 13.2 Å². The minimum atomic E-state index is -3.10. The van der Waals surface area contributed by atoms with Crippen LogP contribution in [-0.2, 0) is 24.2 Å². The maximum atomic E-state index is 12.2. The predicted molar refractivity (Wildman–Crippen MR) is 98.1 cm³/mol. The number of amides is 2. The summed E-state index contributed by atoms with van der Waals surface area (Å²) in [5.41, 5.74) is 0.996. The molecule has 2 heterocycles. The zero-order chi connectivity index (χ0) is 19.6. The second kappa shape index (κ2) is 7.67. The molecule has 0 unspecified atom stereocenters. The molecule has 8 nitrogen and oxygen atoms in total. The maximum Gasteiger partial charge on any atom is 0.338 e. The highest BCUT2D eigenvalue weighted by molar-refractivity contribution is 7.91. The summed E-state index contributed by atoms with van der Waals surface area (Å²) >= 11 is 0. The molecule has 9 heteroatoms. The molecule has 0 saturated carbocycles. The van der Waals surface area contributed by atoms with Crippen LogP contribution in [0, 0.1) is 0 Å². The van der Waals surface area contributed by atoms with Gasteiger partial charge in [0.1, 0.15) is 0 Å². The standard InChI is InChI=1S/C18H22N2O6S/c1-12(17(22)19-14-8-10-27(24,25)11-14)26-18(23)13-4-6-15(7-5-13)20-9-2-3-16(20)21/h4-7,12,14H,2-3,8-11H2,1H3,(H,19,22)/t12-,14+/m1/s1. The fourth-order valence-corrected chi connectivity index (χ4v) is 4.88. The highest BCUT2D eigenvalue weighted by atomic mass is 32.2. The SMILES string of the molecule is C[C@@H](OC(=O)c1ccc(N2CCCC2=O)cc1)C(=O)N[C@H]1CCS(=O)(=O)C1. The quantitative estimate of drug-likeness (QED) is 0.735. The zero-order valence-electron chi connectivity index (χ0n) is 15.0. The number of esters is 1. The van der Waals surface area contributed by atoms with Gasteiger partial charge in [0.2, 0.25) is 5.91 Å². The topological polar surface area (TPSA) is 110 Å². The Morgan fingerprint density at radius 1 is 1.26 bits per heavy atom. The van der Waals surface area contributed by atoms with Crippen molar-refractivity contribution in [1.82, 2.24) is 5.32 Å². The summed E-state index contributed by atoms with van der Waals surface area (Å²) in [7, 11) is -3.10. The highest BCUT2D eigenvalue weighted by Gasteiger charge is 2.31. The minimum Gasteiger partial charge on any atom is -0.449 e. The van der Waals surface area contributed by atoms with E-state index in [4.69, 9.17) is 4.74 Å². The van der Waals surface area contributed by atoms with Gasteiger partial charge < -0.3 is 15.0 Å². The molecular weight excluding hydrogens is 372 g/mol. The number of hydrogen-bond donors (Lipinski definition) is 1. The molecule has 2 amide bonds. The Morgan fingerprint density at radius 3 is 2.52 bits per heavy atom. The van der Waals surface area contributed by atoms with Crippen molar-refractivity contribution < 1.29 is 27.5 Å². The van der Waals surface area contributed by atoms with E-state index in [2.05, 4.69) is 5.32 Å². The van der Waals surface area contributed by atoms with E-state index in [1.807, 2.05) is 0 Å². The molecule has 2 aliphatic heterocycles. The van der Waals surface area contributed by atoms with E-state index >= 15 is 0 Å². The number of carbonyl (C=O) groups is 3. The van der Waals surface area contributed by atoms with E-state index < -0.39 is 33.9 Å². The fourth-order valence-electron chi connectivity index (χ4n) is 3.21.